The summed E-state index contributed by atoms with van der Waals surface area (Å²) >= 11 is 6.36. The van der Waals surface area contributed by atoms with E-state index < -0.39 is 5.41 Å². The molecular formula is C28H35ClN4O3. The molecule has 7 nitrogen and oxygen atoms in total. The van der Waals surface area contributed by atoms with E-state index in [2.05, 4.69) is 27.2 Å². The van der Waals surface area contributed by atoms with Crippen LogP contribution in [0.25, 0.3) is 0 Å². The molecule has 5 rings (SSSR count). The molecule has 0 aromatic heterocycles. The summed E-state index contributed by atoms with van der Waals surface area (Å²) in [4.78, 5) is 32.0. The zero-order valence-electron chi connectivity index (χ0n) is 21.1. The Hall–Kier alpha value is -2.61. The molecule has 3 fully saturated rings. The highest BCUT2D eigenvalue weighted by atomic mass is 35.5. The predicted octanol–water partition coefficient (Wildman–Crippen LogP) is 3.49. The highest BCUT2D eigenvalue weighted by molar-refractivity contribution is 6.34. The Labute approximate surface area is 218 Å². The summed E-state index contributed by atoms with van der Waals surface area (Å²) in [6.45, 7) is 4.64. The summed E-state index contributed by atoms with van der Waals surface area (Å²) in [6.07, 6.45) is 2.75. The van der Waals surface area contributed by atoms with Gasteiger partial charge in [-0.2, -0.15) is 0 Å². The molecule has 1 N–H and O–H groups in total. The molecule has 8 heteroatoms. The van der Waals surface area contributed by atoms with E-state index in [1.54, 1.807) is 20.2 Å². The Morgan fingerprint density at radius 2 is 1.81 bits per heavy atom. The average molecular weight is 511 g/mol. The van der Waals surface area contributed by atoms with Crippen molar-refractivity contribution >= 4 is 29.1 Å². The first-order chi connectivity index (χ1) is 17.4. The van der Waals surface area contributed by atoms with Crippen molar-refractivity contribution in [3.05, 3.63) is 64.7 Å². The van der Waals surface area contributed by atoms with Gasteiger partial charge < -0.3 is 19.9 Å². The molecule has 0 aliphatic carbocycles. The minimum atomic E-state index is -0.534. The van der Waals surface area contributed by atoms with Crippen LogP contribution >= 0.6 is 11.6 Å². The standard InChI is InChI=1S/C28H35ClN4O3/c1-31(2)26(34)24-9-8-21(16-25(24)29)30-22-17-33(18-22)23-10-13-32(14-11-23)27(35)28(12-15-36-19-28)20-6-4-3-5-7-20/h3-9,16,22-23,30H,10-15,17-19H2,1-2H3. The van der Waals surface area contributed by atoms with E-state index in [-0.39, 0.29) is 11.8 Å². The fraction of sp³-hybridized carbons (Fsp3) is 0.500. The number of carbonyl (C=O) groups is 2. The Morgan fingerprint density at radius 3 is 2.42 bits per heavy atom. The van der Waals surface area contributed by atoms with Crippen molar-refractivity contribution in [3.8, 4) is 0 Å². The number of benzene rings is 2. The number of nitrogens with one attached hydrogen (secondary N) is 1. The summed E-state index contributed by atoms with van der Waals surface area (Å²) in [5.74, 6) is 0.127. The lowest BCUT2D eigenvalue weighted by atomic mass is 9.78. The van der Waals surface area contributed by atoms with Gasteiger partial charge in [0.2, 0.25) is 5.91 Å². The number of carbonyl (C=O) groups excluding carboxylic acids is 2. The zero-order valence-corrected chi connectivity index (χ0v) is 21.8. The Kier molecular flexibility index (Phi) is 7.24. The van der Waals surface area contributed by atoms with Crippen LogP contribution in [0, 0.1) is 0 Å². The van der Waals surface area contributed by atoms with Crippen molar-refractivity contribution in [1.82, 2.24) is 14.7 Å². The van der Waals surface area contributed by atoms with Crippen LogP contribution in [0.4, 0.5) is 5.69 Å². The van der Waals surface area contributed by atoms with Crippen LogP contribution in [0.15, 0.2) is 48.5 Å². The molecule has 192 valence electrons. The second-order valence-corrected chi connectivity index (χ2v) is 10.9. The largest absolute Gasteiger partial charge is 0.380 e. The smallest absolute Gasteiger partial charge is 0.254 e. The van der Waals surface area contributed by atoms with Gasteiger partial charge in [0.15, 0.2) is 0 Å². The van der Waals surface area contributed by atoms with Crippen LogP contribution in [0.5, 0.6) is 0 Å². The van der Waals surface area contributed by atoms with Crippen molar-refractivity contribution in [2.24, 2.45) is 0 Å². The van der Waals surface area contributed by atoms with E-state index in [1.807, 2.05) is 30.3 Å². The molecule has 0 radical (unpaired) electrons. The molecule has 0 spiro atoms. The van der Waals surface area contributed by atoms with E-state index in [4.69, 9.17) is 16.3 Å². The quantitative estimate of drug-likeness (QED) is 0.644. The highest BCUT2D eigenvalue weighted by Crippen LogP contribution is 2.36. The number of nitrogens with zero attached hydrogens (tertiary/aromatic N) is 3. The van der Waals surface area contributed by atoms with E-state index in [0.717, 1.165) is 56.7 Å². The van der Waals surface area contributed by atoms with Crippen LogP contribution in [-0.4, -0.2) is 92.1 Å². The molecular weight excluding hydrogens is 476 g/mol. The average Bonchev–Trinajstić information content (AvgIpc) is 3.37. The van der Waals surface area contributed by atoms with E-state index >= 15 is 0 Å². The normalized spacial score (nSPS) is 23.4. The number of ether oxygens (including phenoxy) is 1. The van der Waals surface area contributed by atoms with Gasteiger partial charge in [-0.05, 0) is 43.0 Å². The minimum Gasteiger partial charge on any atom is -0.380 e. The minimum absolute atomic E-state index is 0.0960. The Balaban J connectivity index is 1.12. The predicted molar refractivity (Wildman–Crippen MR) is 142 cm³/mol. The van der Waals surface area contributed by atoms with Crippen LogP contribution in [0.3, 0.4) is 0 Å². The Morgan fingerprint density at radius 1 is 1.08 bits per heavy atom. The third-order valence-corrected chi connectivity index (χ3v) is 8.22. The summed E-state index contributed by atoms with van der Waals surface area (Å²) in [5, 5.41) is 4.01. The van der Waals surface area contributed by atoms with E-state index in [0.29, 0.717) is 35.9 Å². The fourth-order valence-corrected chi connectivity index (χ4v) is 6.00. The maximum absolute atomic E-state index is 13.7. The molecule has 1 atom stereocenters. The van der Waals surface area contributed by atoms with Crippen molar-refractivity contribution in [2.75, 3.05) is 58.8 Å². The van der Waals surface area contributed by atoms with Gasteiger partial charge in [-0.1, -0.05) is 41.9 Å². The molecule has 3 aliphatic rings. The molecule has 1 unspecified atom stereocenters. The van der Waals surface area contributed by atoms with Gasteiger partial charge >= 0.3 is 0 Å². The number of anilines is 1. The number of amides is 2. The van der Waals surface area contributed by atoms with Crippen LogP contribution in [-0.2, 0) is 14.9 Å². The molecule has 36 heavy (non-hydrogen) atoms. The maximum atomic E-state index is 13.7. The Bertz CT molecular complexity index is 1090. The number of hydrogen-bond donors (Lipinski definition) is 1. The number of halogens is 1. The third-order valence-electron chi connectivity index (χ3n) is 7.91. The molecule has 2 aromatic rings. The molecule has 0 saturated carbocycles. The van der Waals surface area contributed by atoms with Gasteiger partial charge in [0.25, 0.3) is 5.91 Å². The van der Waals surface area contributed by atoms with Crippen LogP contribution < -0.4 is 5.32 Å². The maximum Gasteiger partial charge on any atom is 0.254 e. The second kappa shape index (κ2) is 10.4. The first-order valence-electron chi connectivity index (χ1n) is 12.8. The number of rotatable bonds is 6. The summed E-state index contributed by atoms with van der Waals surface area (Å²) in [5.41, 5.74) is 1.99. The van der Waals surface area contributed by atoms with Crippen LogP contribution in [0.1, 0.15) is 35.2 Å². The van der Waals surface area contributed by atoms with E-state index in [1.165, 1.54) is 4.90 Å². The first kappa shape index (κ1) is 25.1. The fourth-order valence-electron chi connectivity index (χ4n) is 5.74. The summed E-state index contributed by atoms with van der Waals surface area (Å²) in [7, 11) is 3.44. The molecule has 3 heterocycles. The summed E-state index contributed by atoms with van der Waals surface area (Å²) in [6, 6.07) is 16.5. The zero-order chi connectivity index (χ0) is 25.3. The monoisotopic (exact) mass is 510 g/mol. The molecule has 2 aromatic carbocycles. The van der Waals surface area contributed by atoms with Crippen molar-refractivity contribution in [1.29, 1.82) is 0 Å². The molecule has 2 amide bonds. The van der Waals surface area contributed by atoms with Gasteiger partial charge in [0, 0.05) is 58.6 Å². The van der Waals surface area contributed by atoms with Gasteiger partial charge in [0.1, 0.15) is 0 Å². The van der Waals surface area contributed by atoms with Gasteiger partial charge in [-0.15, -0.1) is 0 Å². The van der Waals surface area contributed by atoms with Crippen molar-refractivity contribution in [2.45, 2.75) is 36.8 Å². The number of piperidine rings is 1. The number of likely N-dealkylation sites (tertiary alicyclic amines) is 2. The van der Waals surface area contributed by atoms with Gasteiger partial charge in [-0.25, -0.2) is 0 Å². The second-order valence-electron chi connectivity index (χ2n) is 10.5. The van der Waals surface area contributed by atoms with Crippen LogP contribution in [0.2, 0.25) is 5.02 Å². The van der Waals surface area contributed by atoms with Crippen molar-refractivity contribution in [3.63, 3.8) is 0 Å². The first-order valence-corrected chi connectivity index (χ1v) is 13.2. The topological polar surface area (TPSA) is 65.1 Å². The number of hydrogen-bond acceptors (Lipinski definition) is 5. The lowest BCUT2D eigenvalue weighted by molar-refractivity contribution is -0.139. The lowest BCUT2D eigenvalue weighted by Crippen LogP contribution is -2.61. The molecule has 3 aliphatic heterocycles. The SMILES string of the molecule is CN(C)C(=O)c1ccc(NC2CN(C3CCN(C(=O)C4(c5ccccc5)CCOC4)CC3)C2)cc1Cl. The molecule has 3 saturated heterocycles. The molecule has 0 bridgehead atoms. The van der Waals surface area contributed by atoms with Gasteiger partial charge in [-0.3, -0.25) is 14.5 Å². The van der Waals surface area contributed by atoms with Crippen molar-refractivity contribution < 1.29 is 14.3 Å². The highest BCUT2D eigenvalue weighted by Gasteiger charge is 2.47. The lowest BCUT2D eigenvalue weighted by Gasteiger charge is -2.48. The summed E-state index contributed by atoms with van der Waals surface area (Å²) < 4.78 is 5.72. The third kappa shape index (κ3) is 4.84. The van der Waals surface area contributed by atoms with E-state index in [9.17, 15) is 9.59 Å². The van der Waals surface area contributed by atoms with Gasteiger partial charge in [0.05, 0.1) is 28.6 Å².